The van der Waals surface area contributed by atoms with Crippen LogP contribution in [0.15, 0.2) is 43.9 Å². The van der Waals surface area contributed by atoms with Crippen LogP contribution < -0.4 is 11.3 Å². The first-order valence-electron chi connectivity index (χ1n) is 4.78. The molecule has 0 aliphatic carbocycles. The molecule has 1 heterocycles. The molecule has 0 radical (unpaired) electrons. The summed E-state index contributed by atoms with van der Waals surface area (Å²) in [5.74, 6) is 6.27. The van der Waals surface area contributed by atoms with E-state index >= 15 is 0 Å². The SMILES string of the molecule is NNC(c1cccc(Br)c1Cl)c1occc1Br. The van der Waals surface area contributed by atoms with Gasteiger partial charge < -0.3 is 4.42 Å². The third-order valence-corrected chi connectivity index (χ3v) is 4.33. The van der Waals surface area contributed by atoms with Crippen molar-refractivity contribution in [3.8, 4) is 0 Å². The second-order valence-corrected chi connectivity index (χ2v) is 5.46. The fourth-order valence-electron chi connectivity index (χ4n) is 1.56. The van der Waals surface area contributed by atoms with Gasteiger partial charge in [0.1, 0.15) is 11.8 Å². The first kappa shape index (κ1) is 13.1. The number of nitrogens with one attached hydrogen (secondary N) is 1. The molecule has 6 heteroatoms. The first-order valence-corrected chi connectivity index (χ1v) is 6.74. The molecule has 17 heavy (non-hydrogen) atoms. The fraction of sp³-hybridized carbons (Fsp3) is 0.0909. The van der Waals surface area contributed by atoms with E-state index in [-0.39, 0.29) is 6.04 Å². The van der Waals surface area contributed by atoms with E-state index in [0.29, 0.717) is 10.8 Å². The summed E-state index contributed by atoms with van der Waals surface area (Å²) < 4.78 is 7.07. The topological polar surface area (TPSA) is 51.2 Å². The maximum Gasteiger partial charge on any atom is 0.140 e. The number of hydrogen-bond donors (Lipinski definition) is 2. The van der Waals surface area contributed by atoms with E-state index in [0.717, 1.165) is 14.5 Å². The Balaban J connectivity index is 2.50. The summed E-state index contributed by atoms with van der Waals surface area (Å²) in [4.78, 5) is 0. The molecule has 1 aromatic carbocycles. The molecule has 0 fully saturated rings. The average molecular weight is 380 g/mol. The fourth-order valence-corrected chi connectivity index (χ4v) is 2.61. The molecule has 2 aromatic rings. The molecule has 0 spiro atoms. The monoisotopic (exact) mass is 378 g/mol. The number of nitrogens with two attached hydrogens (primary N) is 1. The Morgan fingerprint density at radius 1 is 1.24 bits per heavy atom. The number of hydrogen-bond acceptors (Lipinski definition) is 3. The third kappa shape index (κ3) is 2.58. The third-order valence-electron chi connectivity index (χ3n) is 2.37. The normalized spacial score (nSPS) is 12.7. The van der Waals surface area contributed by atoms with Crippen molar-refractivity contribution >= 4 is 43.5 Å². The van der Waals surface area contributed by atoms with Crippen LogP contribution >= 0.6 is 43.5 Å². The molecule has 90 valence electrons. The van der Waals surface area contributed by atoms with Gasteiger partial charge in [0.2, 0.25) is 0 Å². The number of halogens is 3. The zero-order chi connectivity index (χ0) is 12.4. The van der Waals surface area contributed by atoms with Crippen LogP contribution in [0.2, 0.25) is 5.02 Å². The van der Waals surface area contributed by atoms with E-state index in [1.165, 1.54) is 0 Å². The van der Waals surface area contributed by atoms with E-state index < -0.39 is 0 Å². The minimum atomic E-state index is -0.302. The highest BCUT2D eigenvalue weighted by molar-refractivity contribution is 9.10. The maximum atomic E-state index is 6.24. The molecule has 3 N–H and O–H groups in total. The van der Waals surface area contributed by atoms with Crippen LogP contribution in [-0.4, -0.2) is 0 Å². The number of benzene rings is 1. The lowest BCUT2D eigenvalue weighted by Gasteiger charge is -2.16. The summed E-state index contributed by atoms with van der Waals surface area (Å²) in [6.07, 6.45) is 1.59. The lowest BCUT2D eigenvalue weighted by atomic mass is 10.1. The van der Waals surface area contributed by atoms with Crippen molar-refractivity contribution in [1.82, 2.24) is 5.43 Å². The summed E-state index contributed by atoms with van der Waals surface area (Å²) in [7, 11) is 0. The Bertz CT molecular complexity index is 530. The van der Waals surface area contributed by atoms with Gasteiger partial charge in [0.15, 0.2) is 0 Å². The molecule has 2 rings (SSSR count). The van der Waals surface area contributed by atoms with Crippen LogP contribution in [0.3, 0.4) is 0 Å². The molecular weight excluding hydrogens is 371 g/mol. The average Bonchev–Trinajstić information content (AvgIpc) is 2.72. The van der Waals surface area contributed by atoms with Gasteiger partial charge >= 0.3 is 0 Å². The Morgan fingerprint density at radius 3 is 2.59 bits per heavy atom. The molecule has 3 nitrogen and oxygen atoms in total. The van der Waals surface area contributed by atoms with Crippen LogP contribution in [0.25, 0.3) is 0 Å². The minimum Gasteiger partial charge on any atom is -0.466 e. The predicted octanol–water partition coefficient (Wildman–Crippen LogP) is 4.01. The number of furan rings is 1. The molecule has 0 aliphatic heterocycles. The largest absolute Gasteiger partial charge is 0.466 e. The Morgan fingerprint density at radius 2 is 2.00 bits per heavy atom. The second kappa shape index (κ2) is 5.54. The van der Waals surface area contributed by atoms with Gasteiger partial charge in [-0.15, -0.1) is 0 Å². The van der Waals surface area contributed by atoms with Gasteiger partial charge in [-0.25, -0.2) is 5.43 Å². The van der Waals surface area contributed by atoms with Crippen LogP contribution in [0, 0.1) is 0 Å². The van der Waals surface area contributed by atoms with E-state index in [2.05, 4.69) is 37.3 Å². The molecule has 0 bridgehead atoms. The van der Waals surface area contributed by atoms with Gasteiger partial charge in [-0.3, -0.25) is 5.84 Å². The first-order chi connectivity index (χ1) is 8.15. The van der Waals surface area contributed by atoms with Gasteiger partial charge in [0.25, 0.3) is 0 Å². The van der Waals surface area contributed by atoms with Crippen molar-refractivity contribution in [2.24, 2.45) is 5.84 Å². The van der Waals surface area contributed by atoms with Gasteiger partial charge in [-0.05, 0) is 49.6 Å². The Kier molecular flexibility index (Phi) is 4.27. The molecule has 0 saturated heterocycles. The zero-order valence-corrected chi connectivity index (χ0v) is 12.5. The summed E-state index contributed by atoms with van der Waals surface area (Å²) >= 11 is 13.0. The van der Waals surface area contributed by atoms with Crippen molar-refractivity contribution in [2.45, 2.75) is 6.04 Å². The standard InChI is InChI=1S/C11H9Br2ClN2O/c12-7-3-1-2-6(9(7)14)10(16-15)11-8(13)4-5-17-11/h1-5,10,16H,15H2. The van der Waals surface area contributed by atoms with E-state index in [1.54, 1.807) is 6.26 Å². The molecule has 0 saturated carbocycles. The second-order valence-electron chi connectivity index (χ2n) is 3.38. The predicted molar refractivity (Wildman–Crippen MR) is 74.7 cm³/mol. The molecule has 0 amide bonds. The van der Waals surface area contributed by atoms with Crippen molar-refractivity contribution in [2.75, 3.05) is 0 Å². The van der Waals surface area contributed by atoms with Crippen molar-refractivity contribution in [1.29, 1.82) is 0 Å². The van der Waals surface area contributed by atoms with Gasteiger partial charge in [-0.1, -0.05) is 23.7 Å². The van der Waals surface area contributed by atoms with Gasteiger partial charge in [0.05, 0.1) is 15.8 Å². The summed E-state index contributed by atoms with van der Waals surface area (Å²) in [6, 6.07) is 7.17. The van der Waals surface area contributed by atoms with E-state index in [9.17, 15) is 0 Å². The smallest absolute Gasteiger partial charge is 0.140 e. The molecule has 0 aliphatic rings. The lowest BCUT2D eigenvalue weighted by Crippen LogP contribution is -2.29. The molecule has 1 unspecified atom stereocenters. The number of hydrazine groups is 1. The van der Waals surface area contributed by atoms with Crippen LogP contribution in [0.1, 0.15) is 17.4 Å². The molecule has 1 atom stereocenters. The maximum absolute atomic E-state index is 6.24. The summed E-state index contributed by atoms with van der Waals surface area (Å²) in [5.41, 5.74) is 3.55. The van der Waals surface area contributed by atoms with Crippen LogP contribution in [0.4, 0.5) is 0 Å². The summed E-state index contributed by atoms with van der Waals surface area (Å²) in [6.45, 7) is 0. The zero-order valence-electron chi connectivity index (χ0n) is 8.58. The summed E-state index contributed by atoms with van der Waals surface area (Å²) in [5, 5.41) is 0.610. The van der Waals surface area contributed by atoms with Gasteiger partial charge in [0, 0.05) is 4.47 Å². The van der Waals surface area contributed by atoms with Crippen LogP contribution in [0.5, 0.6) is 0 Å². The lowest BCUT2D eigenvalue weighted by molar-refractivity contribution is 0.450. The van der Waals surface area contributed by atoms with Crippen molar-refractivity contribution in [3.63, 3.8) is 0 Å². The molecular formula is C11H9Br2ClN2O. The quantitative estimate of drug-likeness (QED) is 0.625. The van der Waals surface area contributed by atoms with Crippen LogP contribution in [-0.2, 0) is 0 Å². The minimum absolute atomic E-state index is 0.302. The highest BCUT2D eigenvalue weighted by Gasteiger charge is 2.21. The van der Waals surface area contributed by atoms with Crippen molar-refractivity contribution in [3.05, 3.63) is 55.8 Å². The Hall–Kier alpha value is -0.330. The Labute approximate surface area is 121 Å². The van der Waals surface area contributed by atoms with E-state index in [4.69, 9.17) is 21.9 Å². The highest BCUT2D eigenvalue weighted by atomic mass is 79.9. The van der Waals surface area contributed by atoms with E-state index in [1.807, 2.05) is 24.3 Å². The van der Waals surface area contributed by atoms with Gasteiger partial charge in [-0.2, -0.15) is 0 Å². The highest BCUT2D eigenvalue weighted by Crippen LogP contribution is 2.35. The molecule has 1 aromatic heterocycles. The number of rotatable bonds is 3. The van der Waals surface area contributed by atoms with Crippen molar-refractivity contribution < 1.29 is 4.42 Å².